The number of nitrogens with two attached hydrogens (primary N) is 1. The summed E-state index contributed by atoms with van der Waals surface area (Å²) in [5, 5.41) is 0. The second-order valence-corrected chi connectivity index (χ2v) is 4.71. The SMILES string of the molecule is CC[C@@H](N)c1cncn1CCCCSC. The van der Waals surface area contributed by atoms with Gasteiger partial charge in [0.2, 0.25) is 0 Å². The second kappa shape index (κ2) is 6.90. The molecule has 0 saturated heterocycles. The molecule has 0 fully saturated rings. The lowest BCUT2D eigenvalue weighted by atomic mass is 10.2. The van der Waals surface area contributed by atoms with Crippen LogP contribution in [0.4, 0.5) is 0 Å². The van der Waals surface area contributed by atoms with Crippen molar-refractivity contribution in [3.05, 3.63) is 18.2 Å². The molecule has 0 aromatic carbocycles. The van der Waals surface area contributed by atoms with Crippen LogP contribution in [0, 0.1) is 0 Å². The van der Waals surface area contributed by atoms with Gasteiger partial charge in [0.1, 0.15) is 0 Å². The molecule has 0 unspecified atom stereocenters. The van der Waals surface area contributed by atoms with Gasteiger partial charge in [0, 0.05) is 18.8 Å². The summed E-state index contributed by atoms with van der Waals surface area (Å²) < 4.78 is 2.19. The smallest absolute Gasteiger partial charge is 0.0948 e. The van der Waals surface area contributed by atoms with E-state index >= 15 is 0 Å². The van der Waals surface area contributed by atoms with E-state index in [2.05, 4.69) is 22.7 Å². The van der Waals surface area contributed by atoms with Gasteiger partial charge in [-0.05, 0) is 31.3 Å². The van der Waals surface area contributed by atoms with Gasteiger partial charge in [-0.25, -0.2) is 4.98 Å². The van der Waals surface area contributed by atoms with Crippen LogP contribution in [0.2, 0.25) is 0 Å². The average Bonchev–Trinajstić information content (AvgIpc) is 2.71. The lowest BCUT2D eigenvalue weighted by Gasteiger charge is -2.12. The number of unbranched alkanes of at least 4 members (excludes halogenated alkanes) is 1. The normalized spacial score (nSPS) is 13.0. The van der Waals surface area contributed by atoms with Gasteiger partial charge in [0.15, 0.2) is 0 Å². The van der Waals surface area contributed by atoms with Crippen molar-refractivity contribution in [1.29, 1.82) is 0 Å². The topological polar surface area (TPSA) is 43.8 Å². The maximum Gasteiger partial charge on any atom is 0.0948 e. The number of nitrogens with zero attached hydrogens (tertiary/aromatic N) is 2. The first-order valence-corrected chi connectivity index (χ1v) is 6.93. The Hall–Kier alpha value is -0.480. The van der Waals surface area contributed by atoms with Gasteiger partial charge >= 0.3 is 0 Å². The molecule has 3 nitrogen and oxygen atoms in total. The highest BCUT2D eigenvalue weighted by molar-refractivity contribution is 7.98. The zero-order chi connectivity index (χ0) is 11.1. The standard InChI is InChI=1S/C11H21N3S/c1-3-10(12)11-8-13-9-14(11)6-4-5-7-15-2/h8-10H,3-7,12H2,1-2H3/t10-/m1/s1. The number of rotatable bonds is 7. The van der Waals surface area contributed by atoms with Crippen LogP contribution in [0.15, 0.2) is 12.5 Å². The average molecular weight is 227 g/mol. The first kappa shape index (κ1) is 12.6. The summed E-state index contributed by atoms with van der Waals surface area (Å²) in [6.45, 7) is 3.15. The highest BCUT2D eigenvalue weighted by Crippen LogP contribution is 2.13. The van der Waals surface area contributed by atoms with E-state index in [0.717, 1.165) is 13.0 Å². The summed E-state index contributed by atoms with van der Waals surface area (Å²) in [6.07, 6.45) is 9.37. The Balaban J connectivity index is 2.43. The van der Waals surface area contributed by atoms with Gasteiger partial charge in [0.25, 0.3) is 0 Å². The molecule has 1 atom stereocenters. The molecule has 1 rings (SSSR count). The maximum absolute atomic E-state index is 6.00. The fraction of sp³-hybridized carbons (Fsp3) is 0.727. The molecule has 2 N–H and O–H groups in total. The Kier molecular flexibility index (Phi) is 5.79. The zero-order valence-electron chi connectivity index (χ0n) is 9.65. The summed E-state index contributed by atoms with van der Waals surface area (Å²) >= 11 is 1.90. The lowest BCUT2D eigenvalue weighted by Crippen LogP contribution is -2.14. The molecule has 1 aromatic rings. The third-order valence-corrected chi connectivity index (χ3v) is 3.26. The van der Waals surface area contributed by atoms with Crippen molar-refractivity contribution >= 4 is 11.8 Å². The minimum Gasteiger partial charge on any atom is -0.333 e. The van der Waals surface area contributed by atoms with Gasteiger partial charge in [-0.15, -0.1) is 0 Å². The van der Waals surface area contributed by atoms with E-state index in [-0.39, 0.29) is 6.04 Å². The van der Waals surface area contributed by atoms with Crippen molar-refractivity contribution in [2.45, 2.75) is 38.8 Å². The van der Waals surface area contributed by atoms with E-state index in [1.165, 1.54) is 24.3 Å². The molecule has 15 heavy (non-hydrogen) atoms. The summed E-state index contributed by atoms with van der Waals surface area (Å²) in [5.41, 5.74) is 7.17. The summed E-state index contributed by atoms with van der Waals surface area (Å²) in [7, 11) is 0. The summed E-state index contributed by atoms with van der Waals surface area (Å²) in [6, 6.07) is 0.132. The monoisotopic (exact) mass is 227 g/mol. The third kappa shape index (κ3) is 3.87. The van der Waals surface area contributed by atoms with E-state index in [0.29, 0.717) is 0 Å². The van der Waals surface area contributed by atoms with Gasteiger partial charge < -0.3 is 10.3 Å². The second-order valence-electron chi connectivity index (χ2n) is 3.73. The first-order chi connectivity index (χ1) is 7.29. The van der Waals surface area contributed by atoms with E-state index in [1.54, 1.807) is 0 Å². The summed E-state index contributed by atoms with van der Waals surface area (Å²) in [5.74, 6) is 1.24. The minimum atomic E-state index is 0.132. The Morgan fingerprint density at radius 3 is 3.00 bits per heavy atom. The quantitative estimate of drug-likeness (QED) is 0.728. The van der Waals surface area contributed by atoms with Crippen LogP contribution in [-0.2, 0) is 6.54 Å². The molecule has 0 saturated carbocycles. The van der Waals surface area contributed by atoms with Crippen LogP contribution in [0.25, 0.3) is 0 Å². The highest BCUT2D eigenvalue weighted by atomic mass is 32.2. The van der Waals surface area contributed by atoms with Crippen molar-refractivity contribution in [2.75, 3.05) is 12.0 Å². The van der Waals surface area contributed by atoms with Gasteiger partial charge in [-0.1, -0.05) is 6.92 Å². The number of thioether (sulfide) groups is 1. The van der Waals surface area contributed by atoms with Crippen LogP contribution in [0.1, 0.15) is 37.9 Å². The van der Waals surface area contributed by atoms with Crippen molar-refractivity contribution in [3.8, 4) is 0 Å². The number of imidazole rings is 1. The van der Waals surface area contributed by atoms with Gasteiger partial charge in [-0.2, -0.15) is 11.8 Å². The van der Waals surface area contributed by atoms with Crippen molar-refractivity contribution in [1.82, 2.24) is 9.55 Å². The first-order valence-electron chi connectivity index (χ1n) is 5.54. The Morgan fingerprint density at radius 2 is 2.33 bits per heavy atom. The molecular weight excluding hydrogens is 206 g/mol. The van der Waals surface area contributed by atoms with Crippen LogP contribution in [0.3, 0.4) is 0 Å². The largest absolute Gasteiger partial charge is 0.333 e. The molecule has 1 heterocycles. The highest BCUT2D eigenvalue weighted by Gasteiger charge is 2.08. The predicted molar refractivity (Wildman–Crippen MR) is 67.1 cm³/mol. The molecular formula is C11H21N3S. The number of hydrogen-bond acceptors (Lipinski definition) is 3. The Morgan fingerprint density at radius 1 is 1.53 bits per heavy atom. The fourth-order valence-corrected chi connectivity index (χ4v) is 2.06. The lowest BCUT2D eigenvalue weighted by molar-refractivity contribution is 0.565. The van der Waals surface area contributed by atoms with Gasteiger partial charge in [-0.3, -0.25) is 0 Å². The third-order valence-electron chi connectivity index (χ3n) is 2.56. The van der Waals surface area contributed by atoms with E-state index in [4.69, 9.17) is 5.73 Å². The molecule has 0 bridgehead atoms. The zero-order valence-corrected chi connectivity index (χ0v) is 10.5. The molecule has 0 amide bonds. The van der Waals surface area contributed by atoms with Crippen LogP contribution in [-0.4, -0.2) is 21.6 Å². The molecule has 0 spiro atoms. The van der Waals surface area contributed by atoms with Crippen molar-refractivity contribution < 1.29 is 0 Å². The Labute approximate surface area is 96.5 Å². The molecule has 0 aliphatic carbocycles. The number of aryl methyl sites for hydroxylation is 1. The van der Waals surface area contributed by atoms with E-state index in [1.807, 2.05) is 24.3 Å². The van der Waals surface area contributed by atoms with Crippen molar-refractivity contribution in [3.63, 3.8) is 0 Å². The number of aromatic nitrogens is 2. The predicted octanol–water partition coefficient (Wildman–Crippen LogP) is 2.44. The van der Waals surface area contributed by atoms with Crippen LogP contribution >= 0.6 is 11.8 Å². The van der Waals surface area contributed by atoms with Crippen LogP contribution < -0.4 is 5.73 Å². The molecule has 86 valence electrons. The van der Waals surface area contributed by atoms with Crippen LogP contribution in [0.5, 0.6) is 0 Å². The Bertz CT molecular complexity index is 273. The van der Waals surface area contributed by atoms with Gasteiger partial charge in [0.05, 0.1) is 12.0 Å². The number of hydrogen-bond donors (Lipinski definition) is 1. The molecule has 4 heteroatoms. The molecule has 1 aromatic heterocycles. The summed E-state index contributed by atoms with van der Waals surface area (Å²) in [4.78, 5) is 4.17. The molecule has 0 aliphatic rings. The van der Waals surface area contributed by atoms with E-state index in [9.17, 15) is 0 Å². The fourth-order valence-electron chi connectivity index (χ4n) is 1.56. The van der Waals surface area contributed by atoms with Crippen molar-refractivity contribution in [2.24, 2.45) is 5.73 Å². The maximum atomic E-state index is 6.00. The minimum absolute atomic E-state index is 0.132. The van der Waals surface area contributed by atoms with E-state index < -0.39 is 0 Å². The molecule has 0 aliphatic heterocycles. The molecule has 0 radical (unpaired) electrons.